The Morgan fingerprint density at radius 1 is 0.975 bits per heavy atom. The molecule has 0 aliphatic heterocycles. The first-order chi connectivity index (χ1) is 19.1. The zero-order valence-corrected chi connectivity index (χ0v) is 23.0. The van der Waals surface area contributed by atoms with Gasteiger partial charge in [0.2, 0.25) is 0 Å². The lowest BCUT2D eigenvalue weighted by atomic mass is 10.2. The predicted octanol–water partition coefficient (Wildman–Crippen LogP) is 3.36. The Morgan fingerprint density at radius 3 is 2.23 bits per heavy atom. The molecule has 1 N–H and O–H groups in total. The number of methoxy groups -OCH3 is 3. The van der Waals surface area contributed by atoms with Crippen LogP contribution in [0.25, 0.3) is 0 Å². The molecule has 3 aromatic rings. The van der Waals surface area contributed by atoms with Gasteiger partial charge in [0.1, 0.15) is 12.3 Å². The number of amides is 1. The molecule has 1 amide bonds. The van der Waals surface area contributed by atoms with Gasteiger partial charge >= 0.3 is 5.69 Å². The van der Waals surface area contributed by atoms with Gasteiger partial charge in [-0.3, -0.25) is 19.2 Å². The van der Waals surface area contributed by atoms with E-state index in [2.05, 4.69) is 10.5 Å². The number of nitrogens with zero attached hydrogens (tertiary/aromatic N) is 3. The van der Waals surface area contributed by atoms with Gasteiger partial charge in [0.15, 0.2) is 17.2 Å². The van der Waals surface area contributed by atoms with E-state index in [1.54, 1.807) is 12.1 Å². The van der Waals surface area contributed by atoms with Crippen molar-refractivity contribution in [3.05, 3.63) is 76.3 Å². The molecule has 40 heavy (non-hydrogen) atoms. The summed E-state index contributed by atoms with van der Waals surface area (Å²) in [5.41, 5.74) is 2.49. The number of carbonyl (C=O) groups excluding carboxylic acids is 1. The highest BCUT2D eigenvalue weighted by Gasteiger charge is 2.28. The number of hydrogen-bond donors (Lipinski definition) is 1. The van der Waals surface area contributed by atoms with Crippen LogP contribution in [0.2, 0.25) is 0 Å². The summed E-state index contributed by atoms with van der Waals surface area (Å²) in [6.07, 6.45) is 1.19. The van der Waals surface area contributed by atoms with Crippen LogP contribution in [0.15, 0.2) is 70.7 Å². The van der Waals surface area contributed by atoms with E-state index in [1.165, 1.54) is 76.1 Å². The molecule has 13 nitrogen and oxygen atoms in total. The third-order valence-electron chi connectivity index (χ3n) is 5.47. The molecule has 0 aliphatic rings. The second kappa shape index (κ2) is 13.3. The number of nitro groups is 1. The molecule has 0 aromatic heterocycles. The zero-order chi connectivity index (χ0) is 29.3. The van der Waals surface area contributed by atoms with Gasteiger partial charge in [-0.2, -0.15) is 5.10 Å². The number of carbonyl (C=O) groups is 1. The molecule has 0 fully saturated rings. The van der Waals surface area contributed by atoms with E-state index in [4.69, 9.17) is 18.9 Å². The van der Waals surface area contributed by atoms with Gasteiger partial charge in [0.05, 0.1) is 49.7 Å². The van der Waals surface area contributed by atoms with Gasteiger partial charge < -0.3 is 18.9 Å². The maximum Gasteiger partial charge on any atom is 0.311 e. The number of anilines is 1. The predicted molar refractivity (Wildman–Crippen MR) is 147 cm³/mol. The van der Waals surface area contributed by atoms with Crippen LogP contribution in [-0.4, -0.2) is 59.9 Å². The third kappa shape index (κ3) is 6.96. The van der Waals surface area contributed by atoms with Crippen LogP contribution in [-0.2, 0) is 14.8 Å². The number of hydrogen-bond acceptors (Lipinski definition) is 10. The van der Waals surface area contributed by atoms with Gasteiger partial charge in [0, 0.05) is 17.7 Å². The van der Waals surface area contributed by atoms with E-state index in [-0.39, 0.29) is 27.8 Å². The minimum atomic E-state index is -4.28. The summed E-state index contributed by atoms with van der Waals surface area (Å²) >= 11 is 0. The van der Waals surface area contributed by atoms with Gasteiger partial charge in [0.25, 0.3) is 15.9 Å². The van der Waals surface area contributed by atoms with Crippen molar-refractivity contribution in [3.63, 3.8) is 0 Å². The third-order valence-corrected chi connectivity index (χ3v) is 7.24. The number of hydrazone groups is 1. The molecule has 0 radical (unpaired) electrons. The highest BCUT2D eigenvalue weighted by Crippen LogP contribution is 2.32. The number of sulfonamides is 1. The quantitative estimate of drug-likeness (QED) is 0.184. The second-order valence-electron chi connectivity index (χ2n) is 7.94. The van der Waals surface area contributed by atoms with Crippen molar-refractivity contribution < 1.29 is 37.1 Å². The maximum absolute atomic E-state index is 13.7. The highest BCUT2D eigenvalue weighted by atomic mass is 32.2. The fourth-order valence-electron chi connectivity index (χ4n) is 3.57. The van der Waals surface area contributed by atoms with E-state index in [0.29, 0.717) is 23.7 Å². The summed E-state index contributed by atoms with van der Waals surface area (Å²) in [7, 11) is -0.168. The molecule has 14 heteroatoms. The number of nitrogens with one attached hydrogen (secondary N) is 1. The lowest BCUT2D eigenvalue weighted by molar-refractivity contribution is -0.385. The molecular weight excluding hydrogens is 544 g/mol. The summed E-state index contributed by atoms with van der Waals surface area (Å²) < 4.78 is 49.2. The first-order valence-corrected chi connectivity index (χ1v) is 13.2. The summed E-state index contributed by atoms with van der Waals surface area (Å²) in [5.74, 6) is 0.352. The average molecular weight is 573 g/mol. The fourth-order valence-corrected chi connectivity index (χ4v) is 5.01. The smallest absolute Gasteiger partial charge is 0.311 e. The molecule has 3 aromatic carbocycles. The average Bonchev–Trinajstić information content (AvgIpc) is 2.96. The lowest BCUT2D eigenvalue weighted by Gasteiger charge is -2.24. The Kier molecular flexibility index (Phi) is 9.86. The molecular formula is C26H28N4O9S. The van der Waals surface area contributed by atoms with Crippen molar-refractivity contribution in [2.75, 3.05) is 38.8 Å². The minimum absolute atomic E-state index is 0.0672. The molecule has 3 rings (SSSR count). The number of benzene rings is 3. The van der Waals surface area contributed by atoms with Crippen LogP contribution in [0, 0.1) is 10.1 Å². The first kappa shape index (κ1) is 29.7. The van der Waals surface area contributed by atoms with E-state index in [9.17, 15) is 23.3 Å². The van der Waals surface area contributed by atoms with E-state index in [1.807, 2.05) is 6.92 Å². The summed E-state index contributed by atoms with van der Waals surface area (Å²) in [6.45, 7) is 1.60. The molecule has 0 unspecified atom stereocenters. The molecule has 212 valence electrons. The van der Waals surface area contributed by atoms with Crippen LogP contribution in [0.4, 0.5) is 11.4 Å². The zero-order valence-electron chi connectivity index (χ0n) is 22.2. The fraction of sp³-hybridized carbons (Fsp3) is 0.231. The van der Waals surface area contributed by atoms with Crippen LogP contribution < -0.4 is 28.7 Å². The van der Waals surface area contributed by atoms with Crippen molar-refractivity contribution in [2.24, 2.45) is 5.10 Å². The van der Waals surface area contributed by atoms with Crippen molar-refractivity contribution in [1.29, 1.82) is 0 Å². The monoisotopic (exact) mass is 572 g/mol. The van der Waals surface area contributed by atoms with E-state index < -0.39 is 27.4 Å². The van der Waals surface area contributed by atoms with Crippen molar-refractivity contribution in [2.45, 2.75) is 11.8 Å². The molecule has 0 bridgehead atoms. The van der Waals surface area contributed by atoms with Crippen LogP contribution in [0.5, 0.6) is 23.0 Å². The molecule has 0 spiro atoms. The topological polar surface area (TPSA) is 159 Å². The maximum atomic E-state index is 13.7. The van der Waals surface area contributed by atoms with E-state index in [0.717, 1.165) is 4.31 Å². The molecule has 0 heterocycles. The van der Waals surface area contributed by atoms with E-state index >= 15 is 0 Å². The molecule has 0 aliphatic carbocycles. The standard InChI is InChI=1S/C26H28N4O9S/c1-5-39-20-9-7-19(8-10-20)29(40(34,35)21-11-13-24(37-3)25(15-21)38-4)17-26(31)28-27-16-18-6-12-23(36-2)22(14-18)30(32)33/h6-16H,5,17H2,1-4H3,(H,28,31)/b27-16-. The molecule has 0 saturated heterocycles. The largest absolute Gasteiger partial charge is 0.494 e. The van der Waals surface area contributed by atoms with Crippen molar-refractivity contribution in [3.8, 4) is 23.0 Å². The SMILES string of the molecule is CCOc1ccc(N(CC(=O)N/N=C\c2ccc(OC)c([N+](=O)[O-])c2)S(=O)(=O)c2ccc(OC)c(OC)c2)cc1. The molecule has 0 atom stereocenters. The van der Waals surface area contributed by atoms with Crippen LogP contribution in [0.3, 0.4) is 0 Å². The Hall–Kier alpha value is -4.85. The summed E-state index contributed by atoms with van der Waals surface area (Å²) in [5, 5.41) is 15.1. The minimum Gasteiger partial charge on any atom is -0.494 e. The Labute approximate surface area is 231 Å². The summed E-state index contributed by atoms with van der Waals surface area (Å²) in [6, 6.07) is 14.4. The van der Waals surface area contributed by atoms with Gasteiger partial charge in [-0.25, -0.2) is 13.8 Å². The summed E-state index contributed by atoms with van der Waals surface area (Å²) in [4.78, 5) is 23.3. The second-order valence-corrected chi connectivity index (χ2v) is 9.80. The van der Waals surface area contributed by atoms with Crippen molar-refractivity contribution >= 4 is 33.5 Å². The van der Waals surface area contributed by atoms with Gasteiger partial charge in [-0.15, -0.1) is 0 Å². The highest BCUT2D eigenvalue weighted by molar-refractivity contribution is 7.92. The first-order valence-electron chi connectivity index (χ1n) is 11.8. The number of rotatable bonds is 13. The van der Waals surface area contributed by atoms with Crippen molar-refractivity contribution in [1.82, 2.24) is 5.43 Å². The van der Waals surface area contributed by atoms with Crippen LogP contribution >= 0.6 is 0 Å². The molecule has 0 saturated carbocycles. The Bertz CT molecular complexity index is 1490. The van der Waals surface area contributed by atoms with Gasteiger partial charge in [-0.05, 0) is 55.5 Å². The van der Waals surface area contributed by atoms with Crippen LogP contribution in [0.1, 0.15) is 12.5 Å². The van der Waals surface area contributed by atoms with Gasteiger partial charge in [-0.1, -0.05) is 0 Å². The number of ether oxygens (including phenoxy) is 4. The Morgan fingerprint density at radius 2 is 1.62 bits per heavy atom. The Balaban J connectivity index is 1.89. The number of nitro benzene ring substituents is 1. The lowest BCUT2D eigenvalue weighted by Crippen LogP contribution is -2.39. The normalized spacial score (nSPS) is 11.1.